The molecule has 0 aliphatic carbocycles. The lowest BCUT2D eigenvalue weighted by atomic mass is 9.84. The molecule has 5 rings (SSSR count). The van der Waals surface area contributed by atoms with Crippen molar-refractivity contribution in [2.75, 3.05) is 10.6 Å². The molecular formula is C22H17N3O. The van der Waals surface area contributed by atoms with Gasteiger partial charge in [0.25, 0.3) is 5.91 Å². The number of para-hydroxylation sites is 3. The van der Waals surface area contributed by atoms with Crippen LogP contribution in [0.3, 0.4) is 0 Å². The number of rotatable bonds is 1. The van der Waals surface area contributed by atoms with Gasteiger partial charge in [-0.25, -0.2) is 0 Å². The highest BCUT2D eigenvalue weighted by atomic mass is 16.2. The smallest absolute Gasteiger partial charge is 0.255 e. The molecular weight excluding hydrogens is 322 g/mol. The van der Waals surface area contributed by atoms with E-state index in [1.165, 1.54) is 0 Å². The zero-order chi connectivity index (χ0) is 17.6. The van der Waals surface area contributed by atoms with Crippen LogP contribution >= 0.6 is 0 Å². The van der Waals surface area contributed by atoms with Crippen molar-refractivity contribution in [3.05, 3.63) is 90.0 Å². The lowest BCUT2D eigenvalue weighted by Crippen LogP contribution is -2.43. The summed E-state index contributed by atoms with van der Waals surface area (Å²) in [5, 5.41) is 6.55. The Morgan fingerprint density at radius 3 is 2.35 bits per heavy atom. The molecule has 3 aromatic carbocycles. The largest absolute Gasteiger partial charge is 0.365 e. The second kappa shape index (κ2) is 5.56. The van der Waals surface area contributed by atoms with Crippen LogP contribution in [0.15, 0.2) is 83.9 Å². The topological polar surface area (TPSA) is 53.5 Å². The molecule has 2 aliphatic rings. The van der Waals surface area contributed by atoms with Crippen molar-refractivity contribution in [2.45, 2.75) is 12.0 Å². The van der Waals surface area contributed by atoms with Gasteiger partial charge in [-0.05, 0) is 23.8 Å². The molecule has 0 fully saturated rings. The summed E-state index contributed by atoms with van der Waals surface area (Å²) in [5.41, 5.74) is 4.60. The minimum Gasteiger partial charge on any atom is -0.365 e. The van der Waals surface area contributed by atoms with Gasteiger partial charge < -0.3 is 10.6 Å². The second-order valence-corrected chi connectivity index (χ2v) is 6.65. The summed E-state index contributed by atoms with van der Waals surface area (Å²) in [5.74, 6) is -0.0426. The summed E-state index contributed by atoms with van der Waals surface area (Å²) >= 11 is 0. The molecule has 0 radical (unpaired) electrons. The Bertz CT molecular complexity index is 1040. The molecule has 1 atom stereocenters. The highest BCUT2D eigenvalue weighted by Crippen LogP contribution is 2.45. The molecule has 1 spiro atoms. The fourth-order valence-electron chi connectivity index (χ4n) is 3.80. The number of carbonyl (C=O) groups excluding carboxylic acids is 1. The number of hydrogen-bond acceptors (Lipinski definition) is 3. The number of fused-ring (bicyclic) bond motifs is 3. The SMILES string of the molecule is O=C1Nc2ccccc2C12CC(c1ccccc1)=Nc1ccccc1N2. The van der Waals surface area contributed by atoms with E-state index in [-0.39, 0.29) is 5.91 Å². The van der Waals surface area contributed by atoms with Crippen molar-refractivity contribution < 1.29 is 4.79 Å². The lowest BCUT2D eigenvalue weighted by Gasteiger charge is -2.29. The minimum atomic E-state index is -0.863. The van der Waals surface area contributed by atoms with E-state index in [0.717, 1.165) is 33.9 Å². The van der Waals surface area contributed by atoms with Gasteiger partial charge in [-0.2, -0.15) is 0 Å². The van der Waals surface area contributed by atoms with Crippen molar-refractivity contribution >= 4 is 28.7 Å². The Kier molecular flexibility index (Phi) is 3.19. The van der Waals surface area contributed by atoms with Crippen LogP contribution in [0.2, 0.25) is 0 Å². The normalized spacial score (nSPS) is 20.5. The van der Waals surface area contributed by atoms with E-state index in [9.17, 15) is 4.79 Å². The van der Waals surface area contributed by atoms with Crippen LogP contribution in [-0.4, -0.2) is 11.6 Å². The quantitative estimate of drug-likeness (QED) is 0.687. The average Bonchev–Trinajstić information content (AvgIpc) is 2.84. The van der Waals surface area contributed by atoms with Gasteiger partial charge in [0.05, 0.1) is 17.1 Å². The molecule has 126 valence electrons. The average molecular weight is 339 g/mol. The van der Waals surface area contributed by atoms with Crippen LogP contribution in [0.5, 0.6) is 0 Å². The van der Waals surface area contributed by atoms with Gasteiger partial charge in [0.15, 0.2) is 5.54 Å². The van der Waals surface area contributed by atoms with E-state index in [4.69, 9.17) is 4.99 Å². The molecule has 26 heavy (non-hydrogen) atoms. The first-order valence-corrected chi connectivity index (χ1v) is 8.67. The van der Waals surface area contributed by atoms with Gasteiger partial charge in [-0.15, -0.1) is 0 Å². The summed E-state index contributed by atoms with van der Waals surface area (Å²) < 4.78 is 0. The number of nitrogens with one attached hydrogen (secondary N) is 2. The molecule has 2 N–H and O–H groups in total. The number of amides is 1. The monoisotopic (exact) mass is 339 g/mol. The summed E-state index contributed by atoms with van der Waals surface area (Å²) in [4.78, 5) is 18.0. The molecule has 1 amide bonds. The van der Waals surface area contributed by atoms with Crippen LogP contribution in [0.1, 0.15) is 17.5 Å². The van der Waals surface area contributed by atoms with Gasteiger partial charge in [0.2, 0.25) is 0 Å². The Morgan fingerprint density at radius 1 is 0.808 bits per heavy atom. The van der Waals surface area contributed by atoms with Gasteiger partial charge in [0.1, 0.15) is 0 Å². The standard InChI is InChI=1S/C22H17N3O/c26-21-22(16-10-4-5-11-17(16)24-21)14-20(15-8-2-1-3-9-15)23-18-12-6-7-13-19(18)25-22/h1-13,25H,14H2,(H,24,26). The van der Waals surface area contributed by atoms with E-state index in [2.05, 4.69) is 10.6 Å². The predicted molar refractivity (Wildman–Crippen MR) is 104 cm³/mol. The van der Waals surface area contributed by atoms with Crippen LogP contribution in [0.25, 0.3) is 0 Å². The van der Waals surface area contributed by atoms with Crippen molar-refractivity contribution in [1.29, 1.82) is 0 Å². The highest BCUT2D eigenvalue weighted by molar-refractivity contribution is 6.14. The maximum Gasteiger partial charge on any atom is 0.255 e. The zero-order valence-corrected chi connectivity index (χ0v) is 14.1. The van der Waals surface area contributed by atoms with Crippen LogP contribution in [-0.2, 0) is 10.3 Å². The molecule has 2 heterocycles. The van der Waals surface area contributed by atoms with Crippen molar-refractivity contribution in [1.82, 2.24) is 0 Å². The number of nitrogens with zero attached hydrogens (tertiary/aromatic N) is 1. The van der Waals surface area contributed by atoms with E-state index in [0.29, 0.717) is 6.42 Å². The van der Waals surface area contributed by atoms with Crippen molar-refractivity contribution in [2.24, 2.45) is 4.99 Å². The number of aliphatic imine (C=N–C) groups is 1. The van der Waals surface area contributed by atoms with Gasteiger partial charge in [0, 0.05) is 17.7 Å². The third-order valence-electron chi connectivity index (χ3n) is 5.07. The second-order valence-electron chi connectivity index (χ2n) is 6.65. The predicted octanol–water partition coefficient (Wildman–Crippen LogP) is 4.47. The van der Waals surface area contributed by atoms with Gasteiger partial charge >= 0.3 is 0 Å². The Labute approximate surface area is 151 Å². The minimum absolute atomic E-state index is 0.0426. The molecule has 0 saturated carbocycles. The molecule has 0 aromatic heterocycles. The third-order valence-corrected chi connectivity index (χ3v) is 5.07. The molecule has 4 heteroatoms. The highest BCUT2D eigenvalue weighted by Gasteiger charge is 2.48. The summed E-state index contributed by atoms with van der Waals surface area (Å²) in [6.07, 6.45) is 0.481. The number of benzene rings is 3. The van der Waals surface area contributed by atoms with E-state index in [1.807, 2.05) is 78.9 Å². The van der Waals surface area contributed by atoms with Crippen LogP contribution < -0.4 is 10.6 Å². The fourth-order valence-corrected chi connectivity index (χ4v) is 3.80. The van der Waals surface area contributed by atoms with E-state index < -0.39 is 5.54 Å². The maximum atomic E-state index is 13.1. The zero-order valence-electron chi connectivity index (χ0n) is 14.1. The first-order chi connectivity index (χ1) is 12.8. The first-order valence-electron chi connectivity index (χ1n) is 8.67. The summed E-state index contributed by atoms with van der Waals surface area (Å²) in [6, 6.07) is 25.8. The first kappa shape index (κ1) is 14.9. The molecule has 3 aromatic rings. The van der Waals surface area contributed by atoms with Crippen LogP contribution in [0.4, 0.5) is 17.1 Å². The van der Waals surface area contributed by atoms with E-state index in [1.54, 1.807) is 0 Å². The van der Waals surface area contributed by atoms with Gasteiger partial charge in [-0.3, -0.25) is 9.79 Å². The number of hydrogen-bond donors (Lipinski definition) is 2. The summed E-state index contributed by atoms with van der Waals surface area (Å²) in [6.45, 7) is 0. The number of anilines is 2. The van der Waals surface area contributed by atoms with Crippen LogP contribution in [0, 0.1) is 0 Å². The lowest BCUT2D eigenvalue weighted by molar-refractivity contribution is -0.119. The Morgan fingerprint density at radius 2 is 1.50 bits per heavy atom. The van der Waals surface area contributed by atoms with Crippen molar-refractivity contribution in [3.8, 4) is 0 Å². The summed E-state index contributed by atoms with van der Waals surface area (Å²) in [7, 11) is 0. The maximum absolute atomic E-state index is 13.1. The molecule has 1 unspecified atom stereocenters. The van der Waals surface area contributed by atoms with Crippen molar-refractivity contribution in [3.63, 3.8) is 0 Å². The Hall–Kier alpha value is -3.40. The molecule has 4 nitrogen and oxygen atoms in total. The molecule has 0 bridgehead atoms. The Balaban J connectivity index is 1.75. The van der Waals surface area contributed by atoms with Gasteiger partial charge in [-0.1, -0.05) is 60.7 Å². The number of carbonyl (C=O) groups is 1. The molecule has 0 saturated heterocycles. The third kappa shape index (κ3) is 2.15. The van der Waals surface area contributed by atoms with E-state index >= 15 is 0 Å². The fraction of sp³-hybridized carbons (Fsp3) is 0.0909. The molecule has 2 aliphatic heterocycles.